The first-order chi connectivity index (χ1) is 14.5. The number of likely N-dealkylation sites (tertiary alicyclic amines) is 1. The minimum Gasteiger partial charge on any atom is -0.480 e. The number of benzene rings is 2. The van der Waals surface area contributed by atoms with Gasteiger partial charge in [0.2, 0.25) is 5.91 Å². The normalized spacial score (nSPS) is 22.4. The highest BCUT2D eigenvalue weighted by atomic mass is 16.5. The standard InChI is InChI=1S/C22H22N2O6/c25-19(24-14-22(10-11-29-22)12-18(24)21(27)28)13-23-20(26)15-6-8-17(9-7-15)30-16-4-2-1-3-5-16/h1-9,18H,10-14H2,(H,23,26)(H,27,28)/t18-,22?/m0/s1. The Labute approximate surface area is 173 Å². The second kappa shape index (κ2) is 8.16. The number of amides is 2. The third-order valence-corrected chi connectivity index (χ3v) is 5.47. The summed E-state index contributed by atoms with van der Waals surface area (Å²) >= 11 is 0. The first-order valence-corrected chi connectivity index (χ1v) is 9.73. The van der Waals surface area contributed by atoms with Crippen LogP contribution < -0.4 is 10.1 Å². The second-order valence-corrected chi connectivity index (χ2v) is 7.48. The van der Waals surface area contributed by atoms with Gasteiger partial charge in [-0.1, -0.05) is 18.2 Å². The number of ether oxygens (including phenoxy) is 2. The minimum atomic E-state index is -1.06. The molecule has 0 bridgehead atoms. The molecule has 2 amide bonds. The van der Waals surface area contributed by atoms with E-state index in [1.807, 2.05) is 30.3 Å². The van der Waals surface area contributed by atoms with E-state index in [1.54, 1.807) is 24.3 Å². The molecule has 1 unspecified atom stereocenters. The van der Waals surface area contributed by atoms with Gasteiger partial charge >= 0.3 is 5.97 Å². The zero-order valence-corrected chi connectivity index (χ0v) is 16.2. The summed E-state index contributed by atoms with van der Waals surface area (Å²) in [6.45, 7) is 0.542. The van der Waals surface area contributed by atoms with Crippen LogP contribution in [0.4, 0.5) is 0 Å². The molecule has 2 N–H and O–H groups in total. The maximum Gasteiger partial charge on any atom is 0.326 e. The summed E-state index contributed by atoms with van der Waals surface area (Å²) < 4.78 is 11.2. The van der Waals surface area contributed by atoms with Crippen molar-refractivity contribution in [3.8, 4) is 11.5 Å². The van der Waals surface area contributed by atoms with Gasteiger partial charge in [0, 0.05) is 18.4 Å². The fraction of sp³-hybridized carbons (Fsp3) is 0.318. The predicted octanol–water partition coefficient (Wildman–Crippen LogP) is 2.05. The first-order valence-electron chi connectivity index (χ1n) is 9.73. The van der Waals surface area contributed by atoms with E-state index >= 15 is 0 Å². The van der Waals surface area contributed by atoms with Gasteiger partial charge in [-0.05, 0) is 36.4 Å². The largest absolute Gasteiger partial charge is 0.480 e. The van der Waals surface area contributed by atoms with Crippen molar-refractivity contribution in [3.05, 3.63) is 60.2 Å². The van der Waals surface area contributed by atoms with Gasteiger partial charge in [0.05, 0.1) is 25.3 Å². The SMILES string of the molecule is O=C(NCC(=O)N1CC2(CCO2)C[C@H]1C(=O)O)c1ccc(Oc2ccccc2)cc1. The Hall–Kier alpha value is -3.39. The molecular formula is C22H22N2O6. The van der Waals surface area contributed by atoms with Crippen molar-refractivity contribution in [1.29, 1.82) is 0 Å². The molecule has 2 saturated heterocycles. The molecule has 2 heterocycles. The molecular weight excluding hydrogens is 388 g/mol. The third-order valence-electron chi connectivity index (χ3n) is 5.47. The molecule has 1 spiro atoms. The molecule has 156 valence electrons. The summed E-state index contributed by atoms with van der Waals surface area (Å²) in [5, 5.41) is 12.0. The van der Waals surface area contributed by atoms with Gasteiger partial charge in [-0.3, -0.25) is 9.59 Å². The van der Waals surface area contributed by atoms with Crippen LogP contribution in [0.2, 0.25) is 0 Å². The lowest BCUT2D eigenvalue weighted by Crippen LogP contribution is -2.48. The van der Waals surface area contributed by atoms with Crippen molar-refractivity contribution in [2.24, 2.45) is 0 Å². The van der Waals surface area contributed by atoms with Gasteiger partial charge in [0.15, 0.2) is 0 Å². The van der Waals surface area contributed by atoms with E-state index in [4.69, 9.17) is 9.47 Å². The van der Waals surface area contributed by atoms with Gasteiger partial charge in [-0.25, -0.2) is 4.79 Å². The van der Waals surface area contributed by atoms with Crippen LogP contribution in [-0.4, -0.2) is 59.1 Å². The fourth-order valence-corrected chi connectivity index (χ4v) is 3.77. The highest BCUT2D eigenvalue weighted by Crippen LogP contribution is 2.39. The summed E-state index contributed by atoms with van der Waals surface area (Å²) in [5.41, 5.74) is -0.171. The number of hydrogen-bond donors (Lipinski definition) is 2. The van der Waals surface area contributed by atoms with Gasteiger partial charge in [0.25, 0.3) is 5.91 Å². The molecule has 0 saturated carbocycles. The number of para-hydroxylation sites is 1. The lowest BCUT2D eigenvalue weighted by Gasteiger charge is -2.38. The monoisotopic (exact) mass is 410 g/mol. The molecule has 4 rings (SSSR count). The highest BCUT2D eigenvalue weighted by molar-refractivity contribution is 5.97. The molecule has 0 aliphatic carbocycles. The fourth-order valence-electron chi connectivity index (χ4n) is 3.77. The average Bonchev–Trinajstić information content (AvgIpc) is 3.15. The number of nitrogens with zero attached hydrogens (tertiary/aromatic N) is 1. The lowest BCUT2D eigenvalue weighted by atomic mass is 9.92. The Morgan fingerprint density at radius 2 is 1.77 bits per heavy atom. The molecule has 2 aromatic rings. The van der Waals surface area contributed by atoms with Crippen LogP contribution >= 0.6 is 0 Å². The quantitative estimate of drug-likeness (QED) is 0.755. The zero-order chi connectivity index (χ0) is 21.1. The van der Waals surface area contributed by atoms with E-state index in [2.05, 4.69) is 5.32 Å². The van der Waals surface area contributed by atoms with Gasteiger partial charge in [-0.15, -0.1) is 0 Å². The predicted molar refractivity (Wildman–Crippen MR) is 106 cm³/mol. The van der Waals surface area contributed by atoms with Crippen LogP contribution in [0.1, 0.15) is 23.2 Å². The number of rotatable bonds is 6. The molecule has 0 aromatic heterocycles. The molecule has 2 fully saturated rings. The molecule has 8 nitrogen and oxygen atoms in total. The van der Waals surface area contributed by atoms with Crippen molar-refractivity contribution < 1.29 is 29.0 Å². The van der Waals surface area contributed by atoms with E-state index in [-0.39, 0.29) is 19.5 Å². The molecule has 8 heteroatoms. The van der Waals surface area contributed by atoms with Gasteiger partial charge in [-0.2, -0.15) is 0 Å². The third kappa shape index (κ3) is 4.13. The van der Waals surface area contributed by atoms with Crippen molar-refractivity contribution in [3.63, 3.8) is 0 Å². The van der Waals surface area contributed by atoms with Crippen LogP contribution in [0.15, 0.2) is 54.6 Å². The summed E-state index contributed by atoms with van der Waals surface area (Å²) in [7, 11) is 0. The number of carboxylic acids is 1. The van der Waals surface area contributed by atoms with Crippen molar-refractivity contribution in [2.45, 2.75) is 24.5 Å². The second-order valence-electron chi connectivity index (χ2n) is 7.48. The number of nitrogens with one attached hydrogen (secondary N) is 1. The Morgan fingerprint density at radius 3 is 2.37 bits per heavy atom. The highest BCUT2D eigenvalue weighted by Gasteiger charge is 2.52. The summed E-state index contributed by atoms with van der Waals surface area (Å²) in [4.78, 5) is 37.7. The van der Waals surface area contributed by atoms with Gasteiger partial charge in [0.1, 0.15) is 17.5 Å². The Balaban J connectivity index is 1.32. The summed E-state index contributed by atoms with van der Waals surface area (Å²) in [6, 6.07) is 14.9. The topological polar surface area (TPSA) is 105 Å². The minimum absolute atomic E-state index is 0.240. The number of aliphatic carboxylic acids is 1. The number of carbonyl (C=O) groups excluding carboxylic acids is 2. The zero-order valence-electron chi connectivity index (χ0n) is 16.2. The van der Waals surface area contributed by atoms with Crippen LogP contribution in [-0.2, 0) is 14.3 Å². The molecule has 30 heavy (non-hydrogen) atoms. The van der Waals surface area contributed by atoms with Crippen molar-refractivity contribution in [2.75, 3.05) is 19.7 Å². The van der Waals surface area contributed by atoms with E-state index in [9.17, 15) is 19.5 Å². The Kier molecular flexibility index (Phi) is 5.41. The van der Waals surface area contributed by atoms with Crippen LogP contribution in [0, 0.1) is 0 Å². The maximum atomic E-state index is 12.6. The Bertz CT molecular complexity index is 940. The number of carboxylic acid groups (broad SMARTS) is 1. The van der Waals surface area contributed by atoms with E-state index in [0.717, 1.165) is 6.42 Å². The maximum absolute atomic E-state index is 12.6. The van der Waals surface area contributed by atoms with E-state index in [0.29, 0.717) is 23.7 Å². The molecule has 0 radical (unpaired) electrons. The summed E-state index contributed by atoms with van der Waals surface area (Å²) in [6.07, 6.45) is 1.02. The molecule has 2 aliphatic rings. The average molecular weight is 410 g/mol. The molecule has 2 atom stereocenters. The van der Waals surface area contributed by atoms with Crippen LogP contribution in [0.5, 0.6) is 11.5 Å². The van der Waals surface area contributed by atoms with E-state index < -0.39 is 29.4 Å². The smallest absolute Gasteiger partial charge is 0.326 e. The van der Waals surface area contributed by atoms with Crippen LogP contribution in [0.3, 0.4) is 0 Å². The number of carbonyl (C=O) groups is 3. The lowest BCUT2D eigenvalue weighted by molar-refractivity contribution is -0.147. The Morgan fingerprint density at radius 1 is 1.10 bits per heavy atom. The molecule has 2 aliphatic heterocycles. The van der Waals surface area contributed by atoms with Crippen molar-refractivity contribution >= 4 is 17.8 Å². The van der Waals surface area contributed by atoms with Crippen molar-refractivity contribution in [1.82, 2.24) is 10.2 Å². The summed E-state index contributed by atoms with van der Waals surface area (Å²) in [5.74, 6) is -0.647. The van der Waals surface area contributed by atoms with E-state index in [1.165, 1.54) is 4.90 Å². The van der Waals surface area contributed by atoms with Crippen LogP contribution in [0.25, 0.3) is 0 Å². The van der Waals surface area contributed by atoms with Gasteiger partial charge < -0.3 is 24.8 Å². The number of hydrogen-bond acceptors (Lipinski definition) is 5. The first kappa shape index (κ1) is 19.9. The molecule has 2 aromatic carbocycles.